The molecule has 0 saturated heterocycles. The number of rotatable bonds is 5. The van der Waals surface area contributed by atoms with Crippen LogP contribution in [0.5, 0.6) is 0 Å². The highest BCUT2D eigenvalue weighted by Crippen LogP contribution is 2.32. The number of hydrogen-bond donors (Lipinski definition) is 2. The maximum absolute atomic E-state index is 14.0. The Labute approximate surface area is 157 Å². The summed E-state index contributed by atoms with van der Waals surface area (Å²) in [6.45, 7) is 3.26. The van der Waals surface area contributed by atoms with Crippen LogP contribution in [0, 0.1) is 19.7 Å². The highest BCUT2D eigenvalue weighted by Gasteiger charge is 2.67. The molecule has 28 heavy (non-hydrogen) atoms. The SMILES string of the molecule is COC(=O)[C@](NC(=O)c1ccc(F)cc1)(Nc1cc(C)cc(C)[nH+]1)C(F)(F)F. The van der Waals surface area contributed by atoms with Crippen molar-refractivity contribution in [3.8, 4) is 0 Å². The average Bonchev–Trinajstić information content (AvgIpc) is 2.59. The number of methoxy groups -OCH3 is 1. The van der Waals surface area contributed by atoms with Crippen LogP contribution in [0.3, 0.4) is 0 Å². The van der Waals surface area contributed by atoms with Gasteiger partial charge in [0.05, 0.1) is 12.8 Å². The minimum absolute atomic E-state index is 0.167. The number of carbonyl (C=O) groups is 2. The molecule has 1 heterocycles. The van der Waals surface area contributed by atoms with Crippen molar-refractivity contribution in [1.29, 1.82) is 0 Å². The number of nitrogens with one attached hydrogen (secondary N) is 3. The van der Waals surface area contributed by atoms with Crippen LogP contribution in [0.2, 0.25) is 0 Å². The average molecular weight is 400 g/mol. The van der Waals surface area contributed by atoms with Crippen LogP contribution in [0.4, 0.5) is 23.4 Å². The van der Waals surface area contributed by atoms with E-state index in [1.165, 1.54) is 6.07 Å². The summed E-state index contributed by atoms with van der Waals surface area (Å²) in [5, 5.41) is 3.67. The summed E-state index contributed by atoms with van der Waals surface area (Å²) >= 11 is 0. The number of alkyl halides is 3. The van der Waals surface area contributed by atoms with Gasteiger partial charge in [0.15, 0.2) is 0 Å². The van der Waals surface area contributed by atoms with E-state index < -0.39 is 29.5 Å². The molecule has 1 amide bonds. The number of carbonyl (C=O) groups excluding carboxylic acids is 2. The van der Waals surface area contributed by atoms with E-state index in [1.807, 2.05) is 5.32 Å². The molecule has 2 rings (SSSR count). The van der Waals surface area contributed by atoms with Gasteiger partial charge < -0.3 is 4.74 Å². The fraction of sp³-hybridized carbons (Fsp3) is 0.278. The molecule has 0 aliphatic rings. The van der Waals surface area contributed by atoms with E-state index in [9.17, 15) is 27.2 Å². The lowest BCUT2D eigenvalue weighted by atomic mass is 10.1. The van der Waals surface area contributed by atoms with Crippen molar-refractivity contribution in [2.45, 2.75) is 25.7 Å². The predicted molar refractivity (Wildman–Crippen MR) is 90.8 cm³/mol. The third-order valence-electron chi connectivity index (χ3n) is 3.79. The van der Waals surface area contributed by atoms with E-state index in [0.717, 1.165) is 31.4 Å². The number of pyridine rings is 1. The molecule has 0 bridgehead atoms. The van der Waals surface area contributed by atoms with Crippen molar-refractivity contribution in [3.63, 3.8) is 0 Å². The van der Waals surface area contributed by atoms with Crippen LogP contribution in [0.1, 0.15) is 21.6 Å². The number of aromatic amines is 1. The van der Waals surface area contributed by atoms with Gasteiger partial charge in [0, 0.05) is 11.6 Å². The van der Waals surface area contributed by atoms with Gasteiger partial charge >= 0.3 is 17.8 Å². The van der Waals surface area contributed by atoms with Crippen LogP contribution in [-0.4, -0.2) is 30.8 Å². The molecule has 0 spiro atoms. The Kier molecular flexibility index (Phi) is 5.91. The molecule has 6 nitrogen and oxygen atoms in total. The summed E-state index contributed by atoms with van der Waals surface area (Å²) in [4.78, 5) is 27.2. The zero-order chi connectivity index (χ0) is 21.1. The number of aryl methyl sites for hydroxylation is 2. The Morgan fingerprint density at radius 1 is 1.07 bits per heavy atom. The highest BCUT2D eigenvalue weighted by molar-refractivity contribution is 5.99. The first kappa shape index (κ1) is 21.1. The molecule has 0 aliphatic carbocycles. The summed E-state index contributed by atoms with van der Waals surface area (Å²) < 4.78 is 59.3. The summed E-state index contributed by atoms with van der Waals surface area (Å²) in [7, 11) is 0.764. The molecule has 1 atom stereocenters. The predicted octanol–water partition coefficient (Wildman–Crippen LogP) is 2.53. The van der Waals surface area contributed by atoms with Crippen LogP contribution in [0.25, 0.3) is 0 Å². The number of H-pyrrole nitrogens is 1. The molecule has 10 heteroatoms. The van der Waals surface area contributed by atoms with Gasteiger partial charge in [0.25, 0.3) is 11.7 Å². The minimum atomic E-state index is -5.28. The first-order chi connectivity index (χ1) is 13.0. The number of esters is 1. The zero-order valence-electron chi connectivity index (χ0n) is 15.2. The highest BCUT2D eigenvalue weighted by atomic mass is 19.4. The fourth-order valence-electron chi connectivity index (χ4n) is 2.55. The van der Waals surface area contributed by atoms with E-state index in [4.69, 9.17) is 0 Å². The zero-order valence-corrected chi connectivity index (χ0v) is 15.2. The first-order valence-corrected chi connectivity index (χ1v) is 8.00. The second-order valence-corrected chi connectivity index (χ2v) is 6.08. The molecule has 0 radical (unpaired) electrons. The Hall–Kier alpha value is -3.17. The Morgan fingerprint density at radius 2 is 1.68 bits per heavy atom. The van der Waals surface area contributed by atoms with Gasteiger partial charge in [0.2, 0.25) is 0 Å². The summed E-state index contributed by atoms with van der Waals surface area (Å²) in [6.07, 6.45) is -5.28. The molecule has 0 saturated carbocycles. The molecule has 0 aliphatic heterocycles. The number of anilines is 1. The van der Waals surface area contributed by atoms with Crippen molar-refractivity contribution >= 4 is 17.7 Å². The summed E-state index contributed by atoms with van der Waals surface area (Å²) in [5.41, 5.74) is -2.72. The molecular weight excluding hydrogens is 382 g/mol. The second-order valence-electron chi connectivity index (χ2n) is 6.08. The van der Waals surface area contributed by atoms with Crippen LogP contribution in [-0.2, 0) is 9.53 Å². The molecule has 2 aromatic rings. The lowest BCUT2D eigenvalue weighted by Crippen LogP contribution is -2.69. The fourth-order valence-corrected chi connectivity index (χ4v) is 2.55. The Morgan fingerprint density at radius 3 is 2.18 bits per heavy atom. The van der Waals surface area contributed by atoms with Gasteiger partial charge in [-0.3, -0.25) is 10.1 Å². The second kappa shape index (κ2) is 7.83. The standard InChI is InChI=1S/C18H17F4N3O3/c1-10-8-11(2)23-14(9-10)24-17(16(27)28-3,18(20,21)22)25-15(26)12-4-6-13(19)7-5-12/h4-9H,1-3H3,(H,23,24)(H,25,26)/p+1/t17-/m1/s1. The largest absolute Gasteiger partial charge is 0.464 e. The Balaban J connectivity index is 2.52. The van der Waals surface area contributed by atoms with E-state index in [0.29, 0.717) is 11.3 Å². The van der Waals surface area contributed by atoms with E-state index >= 15 is 0 Å². The van der Waals surface area contributed by atoms with Crippen molar-refractivity contribution in [3.05, 3.63) is 59.0 Å². The van der Waals surface area contributed by atoms with Crippen LogP contribution in [0.15, 0.2) is 36.4 Å². The third kappa shape index (κ3) is 4.38. The molecule has 150 valence electrons. The van der Waals surface area contributed by atoms with Gasteiger partial charge in [-0.2, -0.15) is 13.2 Å². The molecule has 0 unspecified atom stereocenters. The quantitative estimate of drug-likeness (QED) is 0.459. The van der Waals surface area contributed by atoms with Crippen molar-refractivity contribution < 1.29 is 36.9 Å². The number of benzene rings is 1. The maximum atomic E-state index is 14.0. The van der Waals surface area contributed by atoms with Crippen LogP contribution >= 0.6 is 0 Å². The molecule has 1 aromatic carbocycles. The lowest BCUT2D eigenvalue weighted by molar-refractivity contribution is -0.372. The van der Waals surface area contributed by atoms with Gasteiger partial charge in [-0.15, -0.1) is 0 Å². The van der Waals surface area contributed by atoms with Crippen molar-refractivity contribution in [2.24, 2.45) is 0 Å². The van der Waals surface area contributed by atoms with Gasteiger partial charge in [-0.25, -0.2) is 19.5 Å². The molecule has 3 N–H and O–H groups in total. The van der Waals surface area contributed by atoms with Gasteiger partial charge in [-0.1, -0.05) is 0 Å². The number of amides is 1. The van der Waals surface area contributed by atoms with Crippen LogP contribution < -0.4 is 15.6 Å². The summed E-state index contributed by atoms with van der Waals surface area (Å²) in [6, 6.07) is 6.81. The van der Waals surface area contributed by atoms with E-state index in [1.54, 1.807) is 25.2 Å². The van der Waals surface area contributed by atoms with Gasteiger partial charge in [0.1, 0.15) is 5.82 Å². The summed E-state index contributed by atoms with van der Waals surface area (Å²) in [5.74, 6) is -3.86. The first-order valence-electron chi connectivity index (χ1n) is 8.00. The maximum Gasteiger partial charge on any atom is 0.464 e. The smallest absolute Gasteiger partial charge is 0.464 e. The Bertz CT molecular complexity index is 864. The normalized spacial score (nSPS) is 13.4. The van der Waals surface area contributed by atoms with E-state index in [-0.39, 0.29) is 11.4 Å². The van der Waals surface area contributed by atoms with Gasteiger partial charge in [-0.05, 0) is 49.7 Å². The third-order valence-corrected chi connectivity index (χ3v) is 3.79. The lowest BCUT2D eigenvalue weighted by Gasteiger charge is -2.30. The molecule has 1 aromatic heterocycles. The van der Waals surface area contributed by atoms with Crippen molar-refractivity contribution in [2.75, 3.05) is 12.4 Å². The number of hydrogen-bond acceptors (Lipinski definition) is 4. The van der Waals surface area contributed by atoms with Crippen molar-refractivity contribution in [1.82, 2.24) is 5.32 Å². The molecular formula is C18H18F4N3O3+. The monoisotopic (exact) mass is 400 g/mol. The number of halogens is 4. The number of aromatic nitrogens is 1. The molecule has 0 fully saturated rings. The topological polar surface area (TPSA) is 81.6 Å². The number of ether oxygens (including phenoxy) is 1. The minimum Gasteiger partial charge on any atom is -0.464 e. The van der Waals surface area contributed by atoms with E-state index in [2.05, 4.69) is 9.72 Å².